The van der Waals surface area contributed by atoms with E-state index in [1.165, 1.54) is 0 Å². The minimum absolute atomic E-state index is 0.0197. The molecule has 1 aromatic rings. The van der Waals surface area contributed by atoms with E-state index >= 15 is 0 Å². The minimum atomic E-state index is -0.427. The van der Waals surface area contributed by atoms with Gasteiger partial charge in [-0.15, -0.1) is 0 Å². The van der Waals surface area contributed by atoms with Gasteiger partial charge in [-0.1, -0.05) is 24.3 Å². The Kier molecular flexibility index (Phi) is 3.23. The molecule has 16 heavy (non-hydrogen) atoms. The highest BCUT2D eigenvalue weighted by atomic mass is 16.5. The zero-order valence-electron chi connectivity index (χ0n) is 9.15. The second-order valence-electron chi connectivity index (χ2n) is 4.16. The van der Waals surface area contributed by atoms with Gasteiger partial charge in [-0.3, -0.25) is 0 Å². The van der Waals surface area contributed by atoms with Gasteiger partial charge in [0.1, 0.15) is 0 Å². The molecule has 0 atom stereocenters. The molecule has 1 saturated heterocycles. The Morgan fingerprint density at radius 3 is 2.75 bits per heavy atom. The lowest BCUT2D eigenvalue weighted by atomic mass is 9.75. The molecular weight excluding hydrogens is 202 g/mol. The number of hydrogen-bond acceptors (Lipinski definition) is 3. The number of nitriles is 1. The summed E-state index contributed by atoms with van der Waals surface area (Å²) in [6.07, 6.45) is 1.47. The van der Waals surface area contributed by atoms with E-state index < -0.39 is 5.41 Å². The summed E-state index contributed by atoms with van der Waals surface area (Å²) in [5, 5.41) is 18.5. The Hall–Kier alpha value is -1.37. The van der Waals surface area contributed by atoms with Gasteiger partial charge in [-0.05, 0) is 24.0 Å². The van der Waals surface area contributed by atoms with Crippen molar-refractivity contribution in [2.45, 2.75) is 24.9 Å². The highest BCUT2D eigenvalue weighted by Gasteiger charge is 2.34. The average molecular weight is 217 g/mol. The van der Waals surface area contributed by atoms with Crippen molar-refractivity contribution in [3.05, 3.63) is 35.4 Å². The van der Waals surface area contributed by atoms with Gasteiger partial charge in [0.05, 0.1) is 18.1 Å². The van der Waals surface area contributed by atoms with Crippen LogP contribution >= 0.6 is 0 Å². The first-order valence-corrected chi connectivity index (χ1v) is 5.50. The number of hydrogen-bond donors (Lipinski definition) is 1. The summed E-state index contributed by atoms with van der Waals surface area (Å²) in [6.45, 7) is 1.29. The fourth-order valence-corrected chi connectivity index (χ4v) is 2.15. The van der Waals surface area contributed by atoms with Crippen LogP contribution in [0.5, 0.6) is 0 Å². The molecule has 84 valence electrons. The average Bonchev–Trinajstić information content (AvgIpc) is 2.39. The molecule has 0 amide bonds. The lowest BCUT2D eigenvalue weighted by Crippen LogP contribution is -2.32. The van der Waals surface area contributed by atoms with Gasteiger partial charge in [0.15, 0.2) is 0 Å². The van der Waals surface area contributed by atoms with Crippen LogP contribution in [0.4, 0.5) is 0 Å². The number of nitrogens with zero attached hydrogens (tertiary/aromatic N) is 1. The van der Waals surface area contributed by atoms with Crippen LogP contribution in [0.15, 0.2) is 24.3 Å². The Balaban J connectivity index is 2.36. The van der Waals surface area contributed by atoms with Gasteiger partial charge >= 0.3 is 0 Å². The molecule has 0 spiro atoms. The van der Waals surface area contributed by atoms with Crippen LogP contribution in [0.25, 0.3) is 0 Å². The maximum absolute atomic E-state index is 9.39. The molecule has 0 saturated carbocycles. The molecule has 0 bridgehead atoms. The Bertz CT molecular complexity index is 403. The zero-order chi connectivity index (χ0) is 11.4. The van der Waals surface area contributed by atoms with Crippen LogP contribution < -0.4 is 0 Å². The molecule has 1 aliphatic rings. The lowest BCUT2D eigenvalue weighted by Gasteiger charge is -2.31. The van der Waals surface area contributed by atoms with Crippen molar-refractivity contribution in [3.63, 3.8) is 0 Å². The number of rotatable bonds is 2. The van der Waals surface area contributed by atoms with E-state index in [4.69, 9.17) is 9.84 Å². The Morgan fingerprint density at radius 1 is 1.38 bits per heavy atom. The molecule has 0 aromatic heterocycles. The SMILES string of the molecule is N#CC1(c2cccc(CO)c2)CCOCC1. The molecule has 0 aliphatic carbocycles. The van der Waals surface area contributed by atoms with Gasteiger partial charge < -0.3 is 9.84 Å². The largest absolute Gasteiger partial charge is 0.392 e. The Morgan fingerprint density at radius 2 is 2.12 bits per heavy atom. The minimum Gasteiger partial charge on any atom is -0.392 e. The molecule has 3 nitrogen and oxygen atoms in total. The summed E-state index contributed by atoms with van der Waals surface area (Å²) in [7, 11) is 0. The summed E-state index contributed by atoms with van der Waals surface area (Å²) >= 11 is 0. The predicted octanol–water partition coefficient (Wildman–Crippen LogP) is 1.75. The highest BCUT2D eigenvalue weighted by molar-refractivity contribution is 5.35. The number of aliphatic hydroxyl groups excluding tert-OH is 1. The van der Waals surface area contributed by atoms with E-state index in [2.05, 4.69) is 6.07 Å². The molecule has 0 radical (unpaired) electrons. The molecule has 1 fully saturated rings. The summed E-state index contributed by atoms with van der Waals surface area (Å²) in [6, 6.07) is 10.1. The maximum atomic E-state index is 9.39. The highest BCUT2D eigenvalue weighted by Crippen LogP contribution is 2.34. The number of aliphatic hydroxyl groups is 1. The fraction of sp³-hybridized carbons (Fsp3) is 0.462. The normalized spacial score (nSPS) is 19.0. The Labute approximate surface area is 95.3 Å². The monoisotopic (exact) mass is 217 g/mol. The van der Waals surface area contributed by atoms with E-state index in [0.29, 0.717) is 13.2 Å². The smallest absolute Gasteiger partial charge is 0.0866 e. The van der Waals surface area contributed by atoms with Crippen molar-refractivity contribution in [2.24, 2.45) is 0 Å². The van der Waals surface area contributed by atoms with Crippen LogP contribution in [-0.2, 0) is 16.8 Å². The van der Waals surface area contributed by atoms with E-state index in [9.17, 15) is 5.26 Å². The summed E-state index contributed by atoms with van der Waals surface area (Å²) in [5.41, 5.74) is 1.44. The topological polar surface area (TPSA) is 53.2 Å². The molecule has 1 aromatic carbocycles. The van der Waals surface area contributed by atoms with E-state index in [0.717, 1.165) is 24.0 Å². The van der Waals surface area contributed by atoms with Crippen molar-refractivity contribution in [1.29, 1.82) is 5.26 Å². The van der Waals surface area contributed by atoms with Crippen LogP contribution in [0.3, 0.4) is 0 Å². The summed E-state index contributed by atoms with van der Waals surface area (Å²) < 4.78 is 5.30. The molecular formula is C13H15NO2. The van der Waals surface area contributed by atoms with E-state index in [1.807, 2.05) is 24.3 Å². The summed E-state index contributed by atoms with van der Waals surface area (Å²) in [5.74, 6) is 0. The van der Waals surface area contributed by atoms with Crippen LogP contribution in [0.1, 0.15) is 24.0 Å². The third-order valence-corrected chi connectivity index (χ3v) is 3.22. The van der Waals surface area contributed by atoms with Crippen LogP contribution in [-0.4, -0.2) is 18.3 Å². The van der Waals surface area contributed by atoms with Crippen molar-refractivity contribution in [2.75, 3.05) is 13.2 Å². The van der Waals surface area contributed by atoms with Crippen molar-refractivity contribution >= 4 is 0 Å². The molecule has 0 unspecified atom stereocenters. The molecule has 3 heteroatoms. The van der Waals surface area contributed by atoms with Crippen LogP contribution in [0, 0.1) is 11.3 Å². The third kappa shape index (κ3) is 1.95. The second-order valence-corrected chi connectivity index (χ2v) is 4.16. The number of benzene rings is 1. The second kappa shape index (κ2) is 4.65. The molecule has 1 N–H and O–H groups in total. The van der Waals surface area contributed by atoms with Crippen molar-refractivity contribution in [1.82, 2.24) is 0 Å². The first-order chi connectivity index (χ1) is 7.80. The molecule has 1 heterocycles. The van der Waals surface area contributed by atoms with Gasteiger partial charge in [0, 0.05) is 13.2 Å². The van der Waals surface area contributed by atoms with Gasteiger partial charge in [-0.25, -0.2) is 0 Å². The molecule has 2 rings (SSSR count). The third-order valence-electron chi connectivity index (χ3n) is 3.22. The van der Waals surface area contributed by atoms with E-state index in [1.54, 1.807) is 0 Å². The lowest BCUT2D eigenvalue weighted by molar-refractivity contribution is 0.0675. The van der Waals surface area contributed by atoms with Crippen molar-refractivity contribution < 1.29 is 9.84 Å². The number of ether oxygens (including phenoxy) is 1. The quantitative estimate of drug-likeness (QED) is 0.821. The first-order valence-electron chi connectivity index (χ1n) is 5.50. The van der Waals surface area contributed by atoms with Gasteiger partial charge in [0.2, 0.25) is 0 Å². The van der Waals surface area contributed by atoms with E-state index in [-0.39, 0.29) is 6.61 Å². The van der Waals surface area contributed by atoms with Crippen molar-refractivity contribution in [3.8, 4) is 6.07 Å². The molecule has 1 aliphatic heterocycles. The standard InChI is InChI=1S/C13H15NO2/c14-10-13(4-6-16-7-5-13)12-3-1-2-11(8-12)9-15/h1-3,8,15H,4-7,9H2. The van der Waals surface area contributed by atoms with Crippen LogP contribution in [0.2, 0.25) is 0 Å². The summed E-state index contributed by atoms with van der Waals surface area (Å²) in [4.78, 5) is 0. The first kappa shape index (κ1) is 11.1. The zero-order valence-corrected chi connectivity index (χ0v) is 9.15. The van der Waals surface area contributed by atoms with Gasteiger partial charge in [0.25, 0.3) is 0 Å². The fourth-order valence-electron chi connectivity index (χ4n) is 2.15. The van der Waals surface area contributed by atoms with Gasteiger partial charge in [-0.2, -0.15) is 5.26 Å². The maximum Gasteiger partial charge on any atom is 0.0866 e. The predicted molar refractivity (Wildman–Crippen MR) is 59.7 cm³/mol.